The van der Waals surface area contributed by atoms with Crippen LogP contribution in [0.2, 0.25) is 5.02 Å². The Morgan fingerprint density at radius 2 is 1.71 bits per heavy atom. The largest absolute Gasteiger partial charge is 0.395 e. The highest BCUT2D eigenvalue weighted by Crippen LogP contribution is 2.15. The third-order valence-corrected chi connectivity index (χ3v) is 3.45. The van der Waals surface area contributed by atoms with Gasteiger partial charge in [0.15, 0.2) is 0 Å². The van der Waals surface area contributed by atoms with Crippen LogP contribution in [0, 0.1) is 0 Å². The molecular weight excluding hydrogens is 328 g/mol. The molecule has 0 atom stereocenters. The molecule has 0 aliphatic carbocycles. The number of carbonyl (C=O) groups is 2. The van der Waals surface area contributed by atoms with Crippen LogP contribution in [0.1, 0.15) is 15.9 Å². The lowest BCUT2D eigenvalue weighted by Gasteiger charge is -2.11. The molecule has 24 heavy (non-hydrogen) atoms. The third-order valence-electron chi connectivity index (χ3n) is 3.12. The second-order valence-electron chi connectivity index (χ2n) is 4.88. The molecule has 2 aromatic rings. The van der Waals surface area contributed by atoms with Crippen molar-refractivity contribution in [1.82, 2.24) is 10.6 Å². The lowest BCUT2D eigenvalue weighted by molar-refractivity contribution is -0.117. The van der Waals surface area contributed by atoms with Gasteiger partial charge in [0.25, 0.3) is 11.8 Å². The molecule has 2 amide bonds. The summed E-state index contributed by atoms with van der Waals surface area (Å²) in [5.74, 6) is -0.977. The van der Waals surface area contributed by atoms with Crippen LogP contribution in [-0.2, 0) is 4.79 Å². The van der Waals surface area contributed by atoms with Crippen LogP contribution in [0.4, 0.5) is 0 Å². The second-order valence-corrected chi connectivity index (χ2v) is 5.29. The van der Waals surface area contributed by atoms with E-state index in [2.05, 4.69) is 10.6 Å². The summed E-state index contributed by atoms with van der Waals surface area (Å²) in [6.45, 7) is -0.101. The molecular formula is C18H17ClN2O3. The van der Waals surface area contributed by atoms with E-state index in [0.717, 1.165) is 5.56 Å². The van der Waals surface area contributed by atoms with E-state index in [9.17, 15) is 9.59 Å². The zero-order chi connectivity index (χ0) is 17.4. The Kier molecular flexibility index (Phi) is 6.54. The van der Waals surface area contributed by atoms with E-state index >= 15 is 0 Å². The van der Waals surface area contributed by atoms with Gasteiger partial charge in [0, 0.05) is 6.54 Å². The smallest absolute Gasteiger partial charge is 0.267 e. The fraction of sp³-hybridized carbons (Fsp3) is 0.111. The number of aliphatic hydroxyl groups excluding tert-OH is 1. The average molecular weight is 345 g/mol. The first-order valence-electron chi connectivity index (χ1n) is 7.33. The Morgan fingerprint density at radius 1 is 1.04 bits per heavy atom. The number of benzene rings is 2. The van der Waals surface area contributed by atoms with Crippen molar-refractivity contribution in [3.05, 3.63) is 76.4 Å². The van der Waals surface area contributed by atoms with E-state index in [0.29, 0.717) is 5.02 Å². The first-order chi connectivity index (χ1) is 11.6. The summed E-state index contributed by atoms with van der Waals surface area (Å²) in [6, 6.07) is 15.7. The van der Waals surface area contributed by atoms with Gasteiger partial charge in [0.2, 0.25) is 0 Å². The van der Waals surface area contributed by atoms with Gasteiger partial charge in [-0.1, -0.05) is 54.1 Å². The molecule has 2 rings (SSSR count). The molecule has 0 unspecified atom stereocenters. The summed E-state index contributed by atoms with van der Waals surface area (Å²) in [6.07, 6.45) is 1.56. The van der Waals surface area contributed by atoms with Crippen LogP contribution in [0.3, 0.4) is 0 Å². The van der Waals surface area contributed by atoms with Gasteiger partial charge in [-0.05, 0) is 23.8 Å². The van der Waals surface area contributed by atoms with Gasteiger partial charge in [-0.3, -0.25) is 9.59 Å². The van der Waals surface area contributed by atoms with E-state index in [-0.39, 0.29) is 24.4 Å². The number of aliphatic hydroxyl groups is 1. The summed E-state index contributed by atoms with van der Waals surface area (Å²) in [5, 5.41) is 14.2. The van der Waals surface area contributed by atoms with Crippen molar-refractivity contribution in [3.8, 4) is 0 Å². The van der Waals surface area contributed by atoms with E-state index < -0.39 is 11.8 Å². The predicted octanol–water partition coefficient (Wildman–Crippen LogP) is 2.22. The molecule has 0 saturated carbocycles. The van der Waals surface area contributed by atoms with Gasteiger partial charge in [0.05, 0.1) is 17.2 Å². The lowest BCUT2D eigenvalue weighted by atomic mass is 10.1. The summed E-state index contributed by atoms with van der Waals surface area (Å²) in [4.78, 5) is 24.6. The molecule has 0 heterocycles. The molecule has 0 aliphatic rings. The fourth-order valence-electron chi connectivity index (χ4n) is 1.97. The molecule has 6 heteroatoms. The molecule has 0 aromatic heterocycles. The molecule has 0 fully saturated rings. The number of rotatable bonds is 6. The molecule has 3 N–H and O–H groups in total. The normalized spacial score (nSPS) is 11.0. The van der Waals surface area contributed by atoms with Crippen molar-refractivity contribution in [3.63, 3.8) is 0 Å². The van der Waals surface area contributed by atoms with Crippen LogP contribution in [0.15, 0.2) is 60.3 Å². The van der Waals surface area contributed by atoms with Crippen LogP contribution < -0.4 is 10.6 Å². The molecule has 0 saturated heterocycles. The highest BCUT2D eigenvalue weighted by atomic mass is 35.5. The third kappa shape index (κ3) is 4.94. The van der Waals surface area contributed by atoms with Crippen molar-refractivity contribution >= 4 is 29.5 Å². The Bertz CT molecular complexity index is 745. The Morgan fingerprint density at radius 3 is 2.38 bits per heavy atom. The molecule has 5 nitrogen and oxygen atoms in total. The zero-order valence-electron chi connectivity index (χ0n) is 12.8. The van der Waals surface area contributed by atoms with Crippen molar-refractivity contribution in [1.29, 1.82) is 0 Å². The summed E-state index contributed by atoms with van der Waals surface area (Å²) < 4.78 is 0. The van der Waals surface area contributed by atoms with Crippen LogP contribution >= 0.6 is 11.6 Å². The number of nitrogens with one attached hydrogen (secondary N) is 2. The van der Waals surface area contributed by atoms with Gasteiger partial charge in [-0.15, -0.1) is 0 Å². The van der Waals surface area contributed by atoms with Crippen LogP contribution in [0.25, 0.3) is 6.08 Å². The molecule has 124 valence electrons. The molecule has 0 aliphatic heterocycles. The molecule has 0 radical (unpaired) electrons. The van der Waals surface area contributed by atoms with E-state index in [1.165, 1.54) is 0 Å². The highest BCUT2D eigenvalue weighted by molar-refractivity contribution is 6.34. The maximum absolute atomic E-state index is 12.4. The monoisotopic (exact) mass is 344 g/mol. The van der Waals surface area contributed by atoms with Crippen LogP contribution in [0.5, 0.6) is 0 Å². The molecule has 0 spiro atoms. The first kappa shape index (κ1) is 17.7. The van der Waals surface area contributed by atoms with Crippen molar-refractivity contribution in [2.75, 3.05) is 13.2 Å². The minimum atomic E-state index is -0.492. The van der Waals surface area contributed by atoms with E-state index in [1.54, 1.807) is 42.5 Å². The van der Waals surface area contributed by atoms with E-state index in [4.69, 9.17) is 16.7 Å². The maximum atomic E-state index is 12.4. The topological polar surface area (TPSA) is 78.4 Å². The number of amides is 2. The van der Waals surface area contributed by atoms with Gasteiger partial charge in [0.1, 0.15) is 5.70 Å². The Balaban J connectivity index is 2.26. The number of hydrogen-bond donors (Lipinski definition) is 3. The summed E-state index contributed by atoms with van der Waals surface area (Å²) in [7, 11) is 0. The van der Waals surface area contributed by atoms with Crippen molar-refractivity contribution in [2.45, 2.75) is 0 Å². The minimum absolute atomic E-state index is 0.0690. The van der Waals surface area contributed by atoms with Gasteiger partial charge in [-0.2, -0.15) is 0 Å². The Hall–Kier alpha value is -2.63. The number of hydrogen-bond acceptors (Lipinski definition) is 3. The second kappa shape index (κ2) is 8.86. The summed E-state index contributed by atoms with van der Waals surface area (Å²) in [5.41, 5.74) is 1.10. The number of halogens is 1. The minimum Gasteiger partial charge on any atom is -0.395 e. The SMILES string of the molecule is O=C(NCCO)/C(=C/c1ccccc1)NC(=O)c1ccccc1Cl. The van der Waals surface area contributed by atoms with Gasteiger partial charge < -0.3 is 15.7 Å². The van der Waals surface area contributed by atoms with E-state index in [1.807, 2.05) is 18.2 Å². The number of carbonyl (C=O) groups excluding carboxylic acids is 2. The van der Waals surface area contributed by atoms with Crippen molar-refractivity contribution < 1.29 is 14.7 Å². The first-order valence-corrected chi connectivity index (χ1v) is 7.71. The lowest BCUT2D eigenvalue weighted by Crippen LogP contribution is -2.36. The highest BCUT2D eigenvalue weighted by Gasteiger charge is 2.16. The summed E-state index contributed by atoms with van der Waals surface area (Å²) >= 11 is 6.01. The zero-order valence-corrected chi connectivity index (χ0v) is 13.6. The molecule has 2 aromatic carbocycles. The predicted molar refractivity (Wildman–Crippen MR) is 93.4 cm³/mol. The standard InChI is InChI=1S/C18H17ClN2O3/c19-15-9-5-4-8-14(15)17(23)21-16(18(24)20-10-11-22)12-13-6-2-1-3-7-13/h1-9,12,22H,10-11H2,(H,20,24)(H,21,23)/b16-12-. The Labute approximate surface area is 145 Å². The fourth-order valence-corrected chi connectivity index (χ4v) is 2.20. The average Bonchev–Trinajstić information content (AvgIpc) is 2.60. The van der Waals surface area contributed by atoms with Crippen LogP contribution in [-0.4, -0.2) is 30.1 Å². The van der Waals surface area contributed by atoms with Gasteiger partial charge in [-0.25, -0.2) is 0 Å². The quantitative estimate of drug-likeness (QED) is 0.703. The van der Waals surface area contributed by atoms with Crippen molar-refractivity contribution in [2.24, 2.45) is 0 Å². The van der Waals surface area contributed by atoms with Gasteiger partial charge >= 0.3 is 0 Å². The molecule has 0 bridgehead atoms. The maximum Gasteiger partial charge on any atom is 0.267 e.